The maximum absolute atomic E-state index is 11.7. The van der Waals surface area contributed by atoms with Crippen molar-refractivity contribution in [3.63, 3.8) is 0 Å². The fraction of sp³-hybridized carbons (Fsp3) is 0.895. The molecule has 1 aliphatic rings. The van der Waals surface area contributed by atoms with E-state index in [1.165, 1.54) is 0 Å². The number of ether oxygens (including phenoxy) is 1. The van der Waals surface area contributed by atoms with Crippen LogP contribution in [0, 0.1) is 5.92 Å². The van der Waals surface area contributed by atoms with Gasteiger partial charge < -0.3 is 20.7 Å². The van der Waals surface area contributed by atoms with E-state index in [-0.39, 0.29) is 36.1 Å². The Bertz CT molecular complexity index is 436. The van der Waals surface area contributed by atoms with E-state index in [2.05, 4.69) is 42.9 Å². The van der Waals surface area contributed by atoms with Crippen molar-refractivity contribution in [3.8, 4) is 0 Å². The number of nitrogens with two attached hydrogens (primary N) is 1. The van der Waals surface area contributed by atoms with E-state index in [4.69, 9.17) is 10.5 Å². The molecule has 0 radical (unpaired) electrons. The van der Waals surface area contributed by atoms with E-state index in [0.717, 1.165) is 38.9 Å². The second kappa shape index (κ2) is 14.3. The standard InChI is InChI=1S/C19H39N5O2.HI/c1-6-23(7-2)17(13-15(4)5)14-21-18(20)22-16-9-11-24(12-10-16)19(25)26-8-3;/h15-17H,6-14H2,1-5H3,(H3,20,21,22);1H. The monoisotopic (exact) mass is 497 g/mol. The Balaban J connectivity index is 0.00000676. The van der Waals surface area contributed by atoms with E-state index >= 15 is 0 Å². The molecule has 1 rings (SSSR count). The van der Waals surface area contributed by atoms with Crippen molar-refractivity contribution in [2.75, 3.05) is 39.3 Å². The van der Waals surface area contributed by atoms with Gasteiger partial charge in [0.05, 0.1) is 13.2 Å². The van der Waals surface area contributed by atoms with E-state index < -0.39 is 0 Å². The van der Waals surface area contributed by atoms with E-state index in [0.29, 0.717) is 37.6 Å². The van der Waals surface area contributed by atoms with Gasteiger partial charge in [-0.05, 0) is 45.2 Å². The van der Waals surface area contributed by atoms with Gasteiger partial charge in [-0.15, -0.1) is 24.0 Å². The summed E-state index contributed by atoms with van der Waals surface area (Å²) in [6.45, 7) is 15.3. The number of guanidine groups is 1. The van der Waals surface area contributed by atoms with Gasteiger partial charge in [0.2, 0.25) is 0 Å². The molecule has 0 bridgehead atoms. The number of likely N-dealkylation sites (N-methyl/N-ethyl adjacent to an activating group) is 1. The first-order chi connectivity index (χ1) is 12.4. The third kappa shape index (κ3) is 9.82. The average molecular weight is 497 g/mol. The van der Waals surface area contributed by atoms with Crippen molar-refractivity contribution >= 4 is 36.0 Å². The first-order valence-electron chi connectivity index (χ1n) is 10.1. The first kappa shape index (κ1) is 26.2. The van der Waals surface area contributed by atoms with Crippen LogP contribution in [0.15, 0.2) is 4.99 Å². The number of piperidine rings is 1. The van der Waals surface area contributed by atoms with Crippen LogP contribution >= 0.6 is 24.0 Å². The van der Waals surface area contributed by atoms with Gasteiger partial charge in [0.15, 0.2) is 5.96 Å². The lowest BCUT2D eigenvalue weighted by atomic mass is 10.0. The number of likely N-dealkylation sites (tertiary alicyclic amines) is 1. The molecule has 27 heavy (non-hydrogen) atoms. The van der Waals surface area contributed by atoms with Crippen LogP contribution in [-0.2, 0) is 4.74 Å². The highest BCUT2D eigenvalue weighted by molar-refractivity contribution is 14.0. The minimum atomic E-state index is -0.219. The molecule has 0 aromatic heterocycles. The summed E-state index contributed by atoms with van der Waals surface area (Å²) in [7, 11) is 0. The zero-order valence-corrected chi connectivity index (χ0v) is 20.1. The lowest BCUT2D eigenvalue weighted by Gasteiger charge is -2.32. The van der Waals surface area contributed by atoms with Gasteiger partial charge in [0.25, 0.3) is 0 Å². The van der Waals surface area contributed by atoms with Crippen LogP contribution in [0.2, 0.25) is 0 Å². The van der Waals surface area contributed by atoms with Crippen LogP contribution in [0.25, 0.3) is 0 Å². The predicted octanol–water partition coefficient (Wildman–Crippen LogP) is 2.89. The number of aliphatic imine (C=N–C) groups is 1. The van der Waals surface area contributed by atoms with Crippen LogP contribution in [-0.4, -0.2) is 73.3 Å². The number of carbonyl (C=O) groups excluding carboxylic acids is 1. The molecule has 1 aliphatic heterocycles. The topological polar surface area (TPSA) is 83.2 Å². The number of hydrogen-bond acceptors (Lipinski definition) is 4. The molecule has 0 aromatic carbocycles. The molecular weight excluding hydrogens is 457 g/mol. The zero-order valence-electron chi connectivity index (χ0n) is 17.7. The molecule has 1 fully saturated rings. The third-order valence-electron chi connectivity index (χ3n) is 4.92. The molecule has 1 heterocycles. The number of amides is 1. The molecule has 1 amide bonds. The van der Waals surface area contributed by atoms with Gasteiger partial charge in [-0.2, -0.15) is 0 Å². The molecule has 3 N–H and O–H groups in total. The molecule has 0 aliphatic carbocycles. The Morgan fingerprint density at radius 1 is 1.26 bits per heavy atom. The summed E-state index contributed by atoms with van der Waals surface area (Å²) in [4.78, 5) is 20.6. The van der Waals surface area contributed by atoms with Gasteiger partial charge in [-0.25, -0.2) is 4.79 Å². The van der Waals surface area contributed by atoms with Crippen molar-refractivity contribution in [2.24, 2.45) is 16.6 Å². The molecule has 1 unspecified atom stereocenters. The summed E-state index contributed by atoms with van der Waals surface area (Å²) in [5, 5.41) is 3.32. The largest absolute Gasteiger partial charge is 0.450 e. The first-order valence-corrected chi connectivity index (χ1v) is 10.1. The number of hydrogen-bond donors (Lipinski definition) is 2. The second-order valence-corrected chi connectivity index (χ2v) is 7.34. The third-order valence-corrected chi connectivity index (χ3v) is 4.92. The lowest BCUT2D eigenvalue weighted by Crippen LogP contribution is -2.49. The number of carbonyl (C=O) groups is 1. The van der Waals surface area contributed by atoms with Crippen molar-refractivity contribution in [2.45, 2.75) is 66.0 Å². The summed E-state index contributed by atoms with van der Waals surface area (Å²) in [6, 6.07) is 0.692. The van der Waals surface area contributed by atoms with Gasteiger partial charge >= 0.3 is 6.09 Å². The number of nitrogens with one attached hydrogen (secondary N) is 1. The summed E-state index contributed by atoms with van der Waals surface area (Å²) in [5.41, 5.74) is 6.12. The zero-order chi connectivity index (χ0) is 19.5. The predicted molar refractivity (Wildman–Crippen MR) is 123 cm³/mol. The summed E-state index contributed by atoms with van der Waals surface area (Å²) < 4.78 is 5.05. The normalized spacial score (nSPS) is 17.0. The van der Waals surface area contributed by atoms with Crippen molar-refractivity contribution in [1.29, 1.82) is 0 Å². The summed E-state index contributed by atoms with van der Waals surface area (Å²) in [6.07, 6.45) is 2.63. The highest BCUT2D eigenvalue weighted by atomic mass is 127. The van der Waals surface area contributed by atoms with Gasteiger partial charge in [-0.3, -0.25) is 9.89 Å². The maximum atomic E-state index is 11.7. The van der Waals surface area contributed by atoms with Crippen molar-refractivity contribution < 1.29 is 9.53 Å². The highest BCUT2D eigenvalue weighted by Gasteiger charge is 2.24. The molecule has 0 spiro atoms. The Kier molecular flexibility index (Phi) is 13.9. The van der Waals surface area contributed by atoms with Crippen LogP contribution < -0.4 is 11.1 Å². The SMILES string of the molecule is CCOC(=O)N1CCC(NC(N)=NCC(CC(C)C)N(CC)CC)CC1.I. The molecule has 7 nitrogen and oxygen atoms in total. The quantitative estimate of drug-likeness (QED) is 0.291. The Morgan fingerprint density at radius 2 is 1.85 bits per heavy atom. The van der Waals surface area contributed by atoms with Gasteiger partial charge in [-0.1, -0.05) is 27.7 Å². The Morgan fingerprint density at radius 3 is 2.33 bits per heavy atom. The molecule has 1 atom stereocenters. The van der Waals surface area contributed by atoms with Crippen molar-refractivity contribution in [3.05, 3.63) is 0 Å². The molecule has 8 heteroatoms. The van der Waals surface area contributed by atoms with Crippen LogP contribution in [0.5, 0.6) is 0 Å². The summed E-state index contributed by atoms with van der Waals surface area (Å²) in [5.74, 6) is 1.15. The average Bonchev–Trinajstić information content (AvgIpc) is 2.61. The summed E-state index contributed by atoms with van der Waals surface area (Å²) >= 11 is 0. The van der Waals surface area contributed by atoms with Crippen LogP contribution in [0.4, 0.5) is 4.79 Å². The van der Waals surface area contributed by atoms with Gasteiger partial charge in [0, 0.05) is 25.2 Å². The Hall–Kier alpha value is -0.770. The van der Waals surface area contributed by atoms with Gasteiger partial charge in [0.1, 0.15) is 0 Å². The molecule has 1 saturated heterocycles. The fourth-order valence-electron chi connectivity index (χ4n) is 3.50. The minimum Gasteiger partial charge on any atom is -0.450 e. The smallest absolute Gasteiger partial charge is 0.409 e. The Labute approximate surface area is 182 Å². The lowest BCUT2D eigenvalue weighted by molar-refractivity contribution is 0.0963. The number of halogens is 1. The highest BCUT2D eigenvalue weighted by Crippen LogP contribution is 2.13. The maximum Gasteiger partial charge on any atom is 0.409 e. The molecular formula is C19H40IN5O2. The van der Waals surface area contributed by atoms with E-state index in [1.807, 2.05) is 6.92 Å². The van der Waals surface area contributed by atoms with E-state index in [9.17, 15) is 4.79 Å². The molecule has 160 valence electrons. The second-order valence-electron chi connectivity index (χ2n) is 7.34. The number of nitrogens with zero attached hydrogens (tertiary/aromatic N) is 3. The fourth-order valence-corrected chi connectivity index (χ4v) is 3.50. The molecule has 0 saturated carbocycles. The minimum absolute atomic E-state index is 0. The van der Waals surface area contributed by atoms with Crippen molar-refractivity contribution in [1.82, 2.24) is 15.1 Å². The van der Waals surface area contributed by atoms with E-state index in [1.54, 1.807) is 4.90 Å². The number of rotatable bonds is 9. The van der Waals surface area contributed by atoms with Crippen LogP contribution in [0.1, 0.15) is 53.9 Å². The molecule has 0 aromatic rings. The van der Waals surface area contributed by atoms with Crippen LogP contribution in [0.3, 0.4) is 0 Å².